The lowest BCUT2D eigenvalue weighted by atomic mass is 9.91. The van der Waals surface area contributed by atoms with Crippen LogP contribution >= 0.6 is 0 Å². The highest BCUT2D eigenvalue weighted by Crippen LogP contribution is 2.30. The normalized spacial score (nSPS) is 19.5. The zero-order chi connectivity index (χ0) is 39.3. The number of amides is 3. The molecule has 1 aliphatic heterocycles. The lowest BCUT2D eigenvalue weighted by Crippen LogP contribution is -2.59. The van der Waals surface area contributed by atoms with Crippen molar-refractivity contribution in [2.45, 2.75) is 123 Å². The summed E-state index contributed by atoms with van der Waals surface area (Å²) in [5, 5.41) is 13.0. The molecule has 0 radical (unpaired) electrons. The Morgan fingerprint density at radius 2 is 1.60 bits per heavy atom. The van der Waals surface area contributed by atoms with Crippen LogP contribution in [0.15, 0.2) is 30.3 Å². The Balaban J connectivity index is 2.22. The van der Waals surface area contributed by atoms with Crippen LogP contribution in [0.25, 0.3) is 0 Å². The van der Waals surface area contributed by atoms with Crippen LogP contribution in [-0.2, 0) is 39.8 Å². The summed E-state index contributed by atoms with van der Waals surface area (Å²) < 4.78 is 17.6. The van der Waals surface area contributed by atoms with Gasteiger partial charge in [-0.2, -0.15) is 0 Å². The van der Waals surface area contributed by atoms with Gasteiger partial charge in [0.25, 0.3) is 0 Å². The predicted octanol–water partition coefficient (Wildman–Crippen LogP) is 3.78. The van der Waals surface area contributed by atoms with Gasteiger partial charge >= 0.3 is 5.97 Å². The second-order valence-corrected chi connectivity index (χ2v) is 15.4. The molecule has 3 amide bonds. The van der Waals surface area contributed by atoms with E-state index in [9.17, 15) is 24.3 Å². The van der Waals surface area contributed by atoms with Crippen LogP contribution < -0.4 is 5.32 Å². The first kappa shape index (κ1) is 45.1. The molecule has 0 bridgehead atoms. The summed E-state index contributed by atoms with van der Waals surface area (Å²) in [5.74, 6) is -1.93. The number of carbonyl (C=O) groups is 4. The molecule has 1 heterocycles. The first-order valence-corrected chi connectivity index (χ1v) is 19.0. The quantitative estimate of drug-likeness (QED) is 0.181. The number of hydrogen-bond donors (Lipinski definition) is 2. The number of hydrogen-bond acceptors (Lipinski definition) is 9. The van der Waals surface area contributed by atoms with Gasteiger partial charge in [-0.15, -0.1) is 0 Å². The van der Waals surface area contributed by atoms with Crippen LogP contribution in [0.5, 0.6) is 0 Å². The Morgan fingerprint density at radius 1 is 0.962 bits per heavy atom. The van der Waals surface area contributed by atoms with Gasteiger partial charge in [-0.1, -0.05) is 78.3 Å². The van der Waals surface area contributed by atoms with Crippen LogP contribution in [0.4, 0.5) is 0 Å². The highest BCUT2D eigenvalue weighted by Gasteiger charge is 2.43. The second-order valence-electron chi connectivity index (χ2n) is 15.4. The highest BCUT2D eigenvalue weighted by molar-refractivity contribution is 5.90. The van der Waals surface area contributed by atoms with Gasteiger partial charge in [0.2, 0.25) is 17.7 Å². The lowest BCUT2D eigenvalue weighted by molar-refractivity contribution is -0.163. The molecule has 52 heavy (non-hydrogen) atoms. The summed E-state index contributed by atoms with van der Waals surface area (Å²) in [5.41, 5.74) is 0.946. The molecular formula is C40H68N4O8. The molecule has 0 unspecified atom stereocenters. The van der Waals surface area contributed by atoms with E-state index in [1.54, 1.807) is 30.9 Å². The number of nitrogens with zero attached hydrogens (tertiary/aromatic N) is 3. The first-order valence-electron chi connectivity index (χ1n) is 19.0. The number of esters is 1. The van der Waals surface area contributed by atoms with Crippen molar-refractivity contribution in [3.63, 3.8) is 0 Å². The van der Waals surface area contributed by atoms with E-state index >= 15 is 0 Å². The van der Waals surface area contributed by atoms with E-state index in [-0.39, 0.29) is 60.6 Å². The monoisotopic (exact) mass is 733 g/mol. The molecule has 12 heteroatoms. The molecule has 1 fully saturated rings. The Hall–Kier alpha value is -3.06. The van der Waals surface area contributed by atoms with Crippen LogP contribution in [0, 0.1) is 23.7 Å². The maximum Gasteiger partial charge on any atom is 0.311 e. The number of rotatable bonds is 21. The highest BCUT2D eigenvalue weighted by atomic mass is 16.6. The third-order valence-corrected chi connectivity index (χ3v) is 10.7. The van der Waals surface area contributed by atoms with E-state index in [4.69, 9.17) is 14.2 Å². The molecule has 0 spiro atoms. The summed E-state index contributed by atoms with van der Waals surface area (Å²) in [4.78, 5) is 60.4. The molecule has 1 aromatic carbocycles. The number of nitrogens with one attached hydrogen (secondary N) is 1. The van der Waals surface area contributed by atoms with Gasteiger partial charge in [-0.05, 0) is 57.2 Å². The van der Waals surface area contributed by atoms with Crippen LogP contribution in [0.2, 0.25) is 0 Å². The maximum absolute atomic E-state index is 14.2. The number of aliphatic hydroxyl groups excluding tert-OH is 1. The minimum atomic E-state index is -0.761. The van der Waals surface area contributed by atoms with E-state index < -0.39 is 42.3 Å². The fourth-order valence-corrected chi connectivity index (χ4v) is 7.67. The number of likely N-dealkylation sites (N-methyl/N-ethyl adjacent to an activating group) is 2. The number of likely N-dealkylation sites (tertiary alicyclic amines) is 1. The van der Waals surface area contributed by atoms with Gasteiger partial charge in [-0.25, -0.2) is 0 Å². The summed E-state index contributed by atoms with van der Waals surface area (Å²) in [6, 6.07) is 7.55. The van der Waals surface area contributed by atoms with Gasteiger partial charge < -0.3 is 34.4 Å². The Bertz CT molecular complexity index is 1260. The van der Waals surface area contributed by atoms with Crippen LogP contribution in [-0.4, -0.2) is 134 Å². The molecule has 12 nitrogen and oxygen atoms in total. The van der Waals surface area contributed by atoms with Gasteiger partial charge in [0, 0.05) is 34.2 Å². The van der Waals surface area contributed by atoms with E-state index in [0.29, 0.717) is 19.4 Å². The molecule has 2 rings (SSSR count). The van der Waals surface area contributed by atoms with Gasteiger partial charge in [0.05, 0.1) is 49.3 Å². The molecule has 0 saturated carbocycles. The molecule has 1 aromatic rings. The summed E-state index contributed by atoms with van der Waals surface area (Å²) in [6.45, 7) is 13.8. The smallest absolute Gasteiger partial charge is 0.311 e. The molecule has 296 valence electrons. The summed E-state index contributed by atoms with van der Waals surface area (Å²) >= 11 is 0. The minimum Gasteiger partial charge on any atom is -0.459 e. The van der Waals surface area contributed by atoms with E-state index in [1.807, 2.05) is 90.9 Å². The van der Waals surface area contributed by atoms with Crippen molar-refractivity contribution < 1.29 is 38.5 Å². The van der Waals surface area contributed by atoms with Gasteiger partial charge in [0.15, 0.2) is 0 Å². The largest absolute Gasteiger partial charge is 0.459 e. The van der Waals surface area contributed by atoms with E-state index in [2.05, 4.69) is 5.32 Å². The number of benzene rings is 1. The SMILES string of the molecule is CC[C@@H](C)[C@@H](C(=O)N[C@H](C(=O)N(C)[C@@H](C(C)C)[C@@H](CC(=O)N1CCC[C@H]1[C@H](OC)[C@@H](C)C(=O)O[C@H](CO)Cc1ccccc1)OC)C(C)C)N(C)C. The standard InChI is InChI=1S/C40H68N4O8/c1-13-27(6)36(42(8)9)38(47)41-34(25(2)3)39(48)43(10)35(26(4)5)32(50-11)23-33(46)44-21-17-20-31(44)37(51-12)28(7)40(49)52-30(24-45)22-29-18-15-14-16-19-29/h14-16,18-19,25-28,30-32,34-37,45H,13,17,20-24H2,1-12H3,(H,41,47)/t27-,28-,30+,31+,32-,34+,35+,36+,37-/m1/s1. The van der Waals surface area contributed by atoms with Crippen molar-refractivity contribution in [2.75, 3.05) is 48.5 Å². The number of aliphatic hydroxyl groups is 1. The van der Waals surface area contributed by atoms with Crippen molar-refractivity contribution in [2.24, 2.45) is 23.7 Å². The third kappa shape index (κ3) is 12.0. The maximum atomic E-state index is 14.2. The topological polar surface area (TPSA) is 138 Å². The average Bonchev–Trinajstić information content (AvgIpc) is 3.59. The Labute approximate surface area is 312 Å². The molecule has 9 atom stereocenters. The minimum absolute atomic E-state index is 0.0157. The average molecular weight is 733 g/mol. The Kier molecular flexibility index (Phi) is 18.7. The van der Waals surface area contributed by atoms with E-state index in [0.717, 1.165) is 18.4 Å². The zero-order valence-corrected chi connectivity index (χ0v) is 33.8. The van der Waals surface area contributed by atoms with Crippen molar-refractivity contribution in [1.29, 1.82) is 0 Å². The fraction of sp³-hybridized carbons (Fsp3) is 0.750. The molecular weight excluding hydrogens is 664 g/mol. The molecule has 1 aliphatic rings. The van der Waals surface area contributed by atoms with Crippen LogP contribution in [0.1, 0.15) is 79.7 Å². The molecule has 2 N–H and O–H groups in total. The van der Waals surface area contributed by atoms with Crippen molar-refractivity contribution >= 4 is 23.7 Å². The van der Waals surface area contributed by atoms with Crippen molar-refractivity contribution in [1.82, 2.24) is 20.0 Å². The number of methoxy groups -OCH3 is 2. The lowest BCUT2D eigenvalue weighted by Gasteiger charge is -2.40. The van der Waals surface area contributed by atoms with E-state index in [1.165, 1.54) is 7.11 Å². The van der Waals surface area contributed by atoms with Crippen molar-refractivity contribution in [3.05, 3.63) is 35.9 Å². The predicted molar refractivity (Wildman–Crippen MR) is 202 cm³/mol. The summed E-state index contributed by atoms with van der Waals surface area (Å²) in [7, 11) is 8.54. The number of carbonyl (C=O) groups excluding carboxylic acids is 4. The third-order valence-electron chi connectivity index (χ3n) is 10.7. The van der Waals surface area contributed by atoms with Gasteiger partial charge in [-0.3, -0.25) is 24.1 Å². The molecule has 1 saturated heterocycles. The molecule has 0 aliphatic carbocycles. The second kappa shape index (κ2) is 21.6. The Morgan fingerprint density at radius 3 is 2.10 bits per heavy atom. The number of ether oxygens (including phenoxy) is 3. The fourth-order valence-electron chi connectivity index (χ4n) is 7.67. The van der Waals surface area contributed by atoms with Crippen molar-refractivity contribution in [3.8, 4) is 0 Å². The molecule has 0 aromatic heterocycles. The van der Waals surface area contributed by atoms with Gasteiger partial charge in [0.1, 0.15) is 12.1 Å². The zero-order valence-electron chi connectivity index (χ0n) is 33.8. The summed E-state index contributed by atoms with van der Waals surface area (Å²) in [6.07, 6.45) is 0.652. The van der Waals surface area contributed by atoms with Crippen LogP contribution in [0.3, 0.4) is 0 Å². The first-order chi connectivity index (χ1) is 24.5.